The summed E-state index contributed by atoms with van der Waals surface area (Å²) in [4.78, 5) is 12.0. The first-order chi connectivity index (χ1) is 9.08. The van der Waals surface area contributed by atoms with Gasteiger partial charge in [-0.1, -0.05) is 12.1 Å². The van der Waals surface area contributed by atoms with E-state index in [-0.39, 0.29) is 0 Å². The summed E-state index contributed by atoms with van der Waals surface area (Å²) >= 11 is 0. The number of nitriles is 1. The van der Waals surface area contributed by atoms with Crippen LogP contribution in [0.15, 0.2) is 42.5 Å². The van der Waals surface area contributed by atoms with Crippen LogP contribution in [0.4, 0.5) is 0 Å². The number of ether oxygens (including phenoxy) is 1. The molecule has 0 fully saturated rings. The van der Waals surface area contributed by atoms with E-state index in [9.17, 15) is 4.79 Å². The van der Waals surface area contributed by atoms with Crippen molar-refractivity contribution in [3.8, 4) is 11.8 Å². The number of hydrogen-bond acceptors (Lipinski definition) is 3. The second kappa shape index (κ2) is 5.36. The van der Waals surface area contributed by atoms with E-state index in [1.54, 1.807) is 30.3 Å². The van der Waals surface area contributed by atoms with Crippen LogP contribution in [-0.2, 0) is 0 Å². The number of carbonyl (C=O) groups excluding carboxylic acids is 1. The monoisotopic (exact) mass is 251 g/mol. The average molecular weight is 251 g/mol. The van der Waals surface area contributed by atoms with E-state index in [1.165, 1.54) is 6.07 Å². The predicted octanol–water partition coefficient (Wildman–Crippen LogP) is 3.39. The van der Waals surface area contributed by atoms with Crippen molar-refractivity contribution in [3.05, 3.63) is 64.7 Å². The molecule has 19 heavy (non-hydrogen) atoms. The van der Waals surface area contributed by atoms with Crippen molar-refractivity contribution in [3.63, 3.8) is 0 Å². The SMILES string of the molecule is Cc1cc(C)cc(OC(=O)c2cccc(C#N)c2)c1. The van der Waals surface area contributed by atoms with Gasteiger partial charge in [0.05, 0.1) is 17.2 Å². The molecular weight excluding hydrogens is 238 g/mol. The van der Waals surface area contributed by atoms with Gasteiger partial charge in [-0.05, 0) is 55.3 Å². The zero-order valence-corrected chi connectivity index (χ0v) is 10.8. The number of nitrogens with zero attached hydrogens (tertiary/aromatic N) is 1. The lowest BCUT2D eigenvalue weighted by Gasteiger charge is -2.06. The number of hydrogen-bond donors (Lipinski definition) is 0. The first-order valence-electron chi connectivity index (χ1n) is 5.89. The van der Waals surface area contributed by atoms with Gasteiger partial charge in [-0.15, -0.1) is 0 Å². The minimum atomic E-state index is -0.456. The van der Waals surface area contributed by atoms with Gasteiger partial charge < -0.3 is 4.74 Å². The molecule has 0 aliphatic carbocycles. The number of benzene rings is 2. The van der Waals surface area contributed by atoms with Gasteiger partial charge in [-0.2, -0.15) is 5.26 Å². The summed E-state index contributed by atoms with van der Waals surface area (Å²) < 4.78 is 5.31. The van der Waals surface area contributed by atoms with Gasteiger partial charge in [-0.3, -0.25) is 0 Å². The lowest BCUT2D eigenvalue weighted by atomic mass is 10.1. The maximum Gasteiger partial charge on any atom is 0.343 e. The third-order valence-electron chi connectivity index (χ3n) is 2.63. The highest BCUT2D eigenvalue weighted by molar-refractivity contribution is 5.91. The third kappa shape index (κ3) is 3.20. The summed E-state index contributed by atoms with van der Waals surface area (Å²) in [5.74, 6) is 0.0620. The summed E-state index contributed by atoms with van der Waals surface area (Å²) in [6, 6.07) is 14.1. The Hall–Kier alpha value is -2.60. The lowest BCUT2D eigenvalue weighted by molar-refractivity contribution is 0.0734. The van der Waals surface area contributed by atoms with Gasteiger partial charge in [0, 0.05) is 0 Å². The topological polar surface area (TPSA) is 50.1 Å². The van der Waals surface area contributed by atoms with Crippen LogP contribution < -0.4 is 4.74 Å². The van der Waals surface area contributed by atoms with Gasteiger partial charge >= 0.3 is 5.97 Å². The van der Waals surface area contributed by atoms with Crippen LogP contribution >= 0.6 is 0 Å². The van der Waals surface area contributed by atoms with Crippen molar-refractivity contribution in [1.82, 2.24) is 0 Å². The smallest absolute Gasteiger partial charge is 0.343 e. The van der Waals surface area contributed by atoms with Crippen LogP contribution in [0, 0.1) is 25.2 Å². The van der Waals surface area contributed by atoms with Crippen LogP contribution in [0.1, 0.15) is 27.0 Å². The molecule has 0 radical (unpaired) electrons. The number of carbonyl (C=O) groups is 1. The molecule has 0 bridgehead atoms. The molecule has 3 heteroatoms. The van der Waals surface area contributed by atoms with Crippen LogP contribution in [0.3, 0.4) is 0 Å². The summed E-state index contributed by atoms with van der Waals surface area (Å²) in [6.45, 7) is 3.89. The maximum atomic E-state index is 12.0. The van der Waals surface area contributed by atoms with Crippen molar-refractivity contribution in [2.45, 2.75) is 13.8 Å². The van der Waals surface area contributed by atoms with Crippen molar-refractivity contribution in [1.29, 1.82) is 5.26 Å². The molecule has 0 unspecified atom stereocenters. The lowest BCUT2D eigenvalue weighted by Crippen LogP contribution is -2.08. The fourth-order valence-electron chi connectivity index (χ4n) is 1.87. The Bertz CT molecular complexity index is 648. The molecule has 0 N–H and O–H groups in total. The molecule has 0 saturated carbocycles. The molecule has 0 saturated heterocycles. The summed E-state index contributed by atoms with van der Waals surface area (Å²) in [5, 5.41) is 8.80. The molecular formula is C16H13NO2. The molecule has 0 aliphatic heterocycles. The van der Waals surface area contributed by atoms with Crippen LogP contribution in [0.2, 0.25) is 0 Å². The summed E-state index contributed by atoms with van der Waals surface area (Å²) in [7, 11) is 0. The van der Waals surface area contributed by atoms with Crippen molar-refractivity contribution in [2.75, 3.05) is 0 Å². The molecule has 0 amide bonds. The Morgan fingerprint density at radius 3 is 2.42 bits per heavy atom. The Labute approximate surface area is 112 Å². The molecule has 0 aliphatic rings. The molecule has 3 nitrogen and oxygen atoms in total. The number of esters is 1. The largest absolute Gasteiger partial charge is 0.423 e. The van der Waals surface area contributed by atoms with E-state index in [0.29, 0.717) is 16.9 Å². The zero-order valence-electron chi connectivity index (χ0n) is 10.8. The van der Waals surface area contributed by atoms with Gasteiger partial charge in [0.25, 0.3) is 0 Å². The predicted molar refractivity (Wildman–Crippen MR) is 72.0 cm³/mol. The van der Waals surface area contributed by atoms with Crippen molar-refractivity contribution < 1.29 is 9.53 Å². The van der Waals surface area contributed by atoms with E-state index in [1.807, 2.05) is 26.0 Å². The number of aryl methyl sites for hydroxylation is 2. The molecule has 0 spiro atoms. The molecule has 2 aromatic carbocycles. The molecule has 94 valence electrons. The Morgan fingerprint density at radius 2 is 1.79 bits per heavy atom. The van der Waals surface area contributed by atoms with E-state index in [0.717, 1.165) is 11.1 Å². The fraction of sp³-hybridized carbons (Fsp3) is 0.125. The molecule has 0 heterocycles. The van der Waals surface area contributed by atoms with Crippen molar-refractivity contribution >= 4 is 5.97 Å². The first kappa shape index (κ1) is 12.8. The van der Waals surface area contributed by atoms with E-state index >= 15 is 0 Å². The number of rotatable bonds is 2. The van der Waals surface area contributed by atoms with Gasteiger partial charge in [0.2, 0.25) is 0 Å². The van der Waals surface area contributed by atoms with Gasteiger partial charge in [-0.25, -0.2) is 4.79 Å². The van der Waals surface area contributed by atoms with Crippen LogP contribution in [-0.4, -0.2) is 5.97 Å². The zero-order chi connectivity index (χ0) is 13.8. The second-order valence-electron chi connectivity index (χ2n) is 4.41. The van der Waals surface area contributed by atoms with Gasteiger partial charge in [0.15, 0.2) is 0 Å². The third-order valence-corrected chi connectivity index (χ3v) is 2.63. The molecule has 2 rings (SSSR count). The minimum Gasteiger partial charge on any atom is -0.423 e. The molecule has 0 aromatic heterocycles. The molecule has 0 atom stereocenters. The highest BCUT2D eigenvalue weighted by atomic mass is 16.5. The van der Waals surface area contributed by atoms with E-state index in [2.05, 4.69) is 0 Å². The quantitative estimate of drug-likeness (QED) is 0.607. The van der Waals surface area contributed by atoms with E-state index < -0.39 is 5.97 Å². The Morgan fingerprint density at radius 1 is 1.11 bits per heavy atom. The summed E-state index contributed by atoms with van der Waals surface area (Å²) in [6.07, 6.45) is 0. The molecule has 2 aromatic rings. The Balaban J connectivity index is 2.23. The normalized spacial score (nSPS) is 9.74. The van der Waals surface area contributed by atoms with Crippen LogP contribution in [0.25, 0.3) is 0 Å². The minimum absolute atomic E-state index is 0.373. The van der Waals surface area contributed by atoms with Crippen molar-refractivity contribution in [2.24, 2.45) is 0 Å². The second-order valence-corrected chi connectivity index (χ2v) is 4.41. The fourth-order valence-corrected chi connectivity index (χ4v) is 1.87. The first-order valence-corrected chi connectivity index (χ1v) is 5.89. The van der Waals surface area contributed by atoms with Gasteiger partial charge in [0.1, 0.15) is 5.75 Å². The van der Waals surface area contributed by atoms with E-state index in [4.69, 9.17) is 10.00 Å². The summed E-state index contributed by atoms with van der Waals surface area (Å²) in [5.41, 5.74) is 2.88. The highest BCUT2D eigenvalue weighted by Crippen LogP contribution is 2.18. The average Bonchev–Trinajstić information content (AvgIpc) is 2.37. The maximum absolute atomic E-state index is 12.0. The van der Waals surface area contributed by atoms with Crippen LogP contribution in [0.5, 0.6) is 5.75 Å². The standard InChI is InChI=1S/C16H13NO2/c1-11-6-12(2)8-15(7-11)19-16(18)14-5-3-4-13(9-14)10-17/h3-9H,1-2H3. The Kier molecular flexibility index (Phi) is 3.63. The highest BCUT2D eigenvalue weighted by Gasteiger charge is 2.09.